The van der Waals surface area contributed by atoms with Crippen molar-refractivity contribution in [3.8, 4) is 0 Å². The summed E-state index contributed by atoms with van der Waals surface area (Å²) in [5, 5.41) is 0. The highest BCUT2D eigenvalue weighted by Gasteiger charge is 2.25. The van der Waals surface area contributed by atoms with E-state index in [4.69, 9.17) is 10.5 Å². The normalized spacial score (nSPS) is 17.7. The highest BCUT2D eigenvalue weighted by atomic mass is 32.2. The summed E-state index contributed by atoms with van der Waals surface area (Å²) in [4.78, 5) is 13.4. The number of sulfonamides is 1. The largest absolute Gasteiger partial charge is 0.370 e. The first kappa shape index (κ1) is 16.4. The number of piperidine rings is 1. The quantitative estimate of drug-likeness (QED) is 0.580. The maximum absolute atomic E-state index is 11.7. The van der Waals surface area contributed by atoms with Gasteiger partial charge in [0, 0.05) is 25.7 Å². The molecule has 0 aromatic heterocycles. The molecule has 0 atom stereocenters. The maximum atomic E-state index is 11.7. The molecule has 0 bridgehead atoms. The molecule has 8 heteroatoms. The van der Waals surface area contributed by atoms with Crippen molar-refractivity contribution in [1.29, 1.82) is 0 Å². The van der Waals surface area contributed by atoms with E-state index >= 15 is 0 Å². The van der Waals surface area contributed by atoms with E-state index in [9.17, 15) is 13.2 Å². The summed E-state index contributed by atoms with van der Waals surface area (Å²) < 4.78 is 30.6. The molecule has 3 N–H and O–H groups in total. The number of carbonyl (C=O) groups is 1. The Morgan fingerprint density at radius 1 is 1.42 bits per heavy atom. The Hall–Kier alpha value is -0.700. The fraction of sp³-hybridized carbons (Fsp3) is 0.909. The minimum Gasteiger partial charge on any atom is -0.370 e. The summed E-state index contributed by atoms with van der Waals surface area (Å²) in [5.74, 6) is 0.0178. The summed E-state index contributed by atoms with van der Waals surface area (Å²) in [6.07, 6.45) is 1.28. The fourth-order valence-corrected chi connectivity index (χ4v) is 2.83. The number of likely N-dealkylation sites (tertiary alicyclic amines) is 1. The highest BCUT2D eigenvalue weighted by molar-refractivity contribution is 7.89. The highest BCUT2D eigenvalue weighted by Crippen LogP contribution is 2.11. The number of nitrogens with two attached hydrogens (primary N) is 1. The Balaban J connectivity index is 2.30. The number of carbonyl (C=O) groups excluding carboxylic acids is 1. The lowest BCUT2D eigenvalue weighted by atomic mass is 10.1. The van der Waals surface area contributed by atoms with Crippen molar-refractivity contribution in [2.75, 3.05) is 38.6 Å². The van der Waals surface area contributed by atoms with Gasteiger partial charge in [-0.1, -0.05) is 0 Å². The molecule has 0 aromatic carbocycles. The molecule has 1 aliphatic heterocycles. The van der Waals surface area contributed by atoms with Crippen LogP contribution in [0.2, 0.25) is 0 Å². The minimum atomic E-state index is -3.17. The Labute approximate surface area is 114 Å². The lowest BCUT2D eigenvalue weighted by Crippen LogP contribution is -2.47. The van der Waals surface area contributed by atoms with Gasteiger partial charge in [-0.2, -0.15) is 0 Å². The molecule has 1 amide bonds. The summed E-state index contributed by atoms with van der Waals surface area (Å²) >= 11 is 0. The molecule has 1 heterocycles. The van der Waals surface area contributed by atoms with Crippen LogP contribution in [0, 0.1) is 0 Å². The minimum absolute atomic E-state index is 0.0442. The number of amides is 1. The molecular formula is C11H23N3O4S. The first-order valence-electron chi connectivity index (χ1n) is 6.54. The van der Waals surface area contributed by atoms with Crippen LogP contribution >= 0.6 is 0 Å². The lowest BCUT2D eigenvalue weighted by molar-refractivity contribution is -0.137. The van der Waals surface area contributed by atoms with Crippen molar-refractivity contribution in [2.45, 2.75) is 25.8 Å². The maximum Gasteiger partial charge on any atom is 0.248 e. The van der Waals surface area contributed by atoms with Gasteiger partial charge in [0.2, 0.25) is 15.9 Å². The van der Waals surface area contributed by atoms with Crippen molar-refractivity contribution in [3.05, 3.63) is 0 Å². The van der Waals surface area contributed by atoms with Crippen LogP contribution in [0.15, 0.2) is 0 Å². The second kappa shape index (κ2) is 7.78. The zero-order valence-electron chi connectivity index (χ0n) is 11.3. The molecule has 0 aliphatic carbocycles. The zero-order chi connectivity index (χ0) is 14.3. The Kier molecular flexibility index (Phi) is 6.70. The summed E-state index contributed by atoms with van der Waals surface area (Å²) in [6, 6.07) is -0.0704. The van der Waals surface area contributed by atoms with Crippen molar-refractivity contribution < 1.29 is 17.9 Å². The fourth-order valence-electron chi connectivity index (χ4n) is 1.92. The van der Waals surface area contributed by atoms with Crippen molar-refractivity contribution >= 4 is 15.9 Å². The molecule has 1 rings (SSSR count). The number of hydrogen-bond donors (Lipinski definition) is 2. The van der Waals surface area contributed by atoms with E-state index in [0.29, 0.717) is 39.1 Å². The van der Waals surface area contributed by atoms with Gasteiger partial charge in [-0.3, -0.25) is 4.79 Å². The second-order valence-corrected chi connectivity index (χ2v) is 6.56. The second-order valence-electron chi connectivity index (χ2n) is 4.52. The van der Waals surface area contributed by atoms with Gasteiger partial charge in [-0.15, -0.1) is 0 Å². The third-order valence-electron chi connectivity index (χ3n) is 3.06. The Morgan fingerprint density at radius 2 is 2.05 bits per heavy atom. The van der Waals surface area contributed by atoms with Crippen LogP contribution in [-0.4, -0.2) is 63.9 Å². The number of nitrogens with one attached hydrogen (secondary N) is 1. The van der Waals surface area contributed by atoms with E-state index < -0.39 is 10.0 Å². The standard InChI is InChI=1S/C11H23N3O4S/c1-2-19(16,17)13-10-3-6-14(7-4-10)11(15)9-18-8-5-12/h10,13H,2-9,12H2,1H3. The van der Waals surface area contributed by atoms with E-state index in [0.717, 1.165) is 0 Å². The lowest BCUT2D eigenvalue weighted by Gasteiger charge is -2.32. The molecule has 112 valence electrons. The van der Waals surface area contributed by atoms with Crippen molar-refractivity contribution in [3.63, 3.8) is 0 Å². The van der Waals surface area contributed by atoms with Gasteiger partial charge in [-0.25, -0.2) is 13.1 Å². The van der Waals surface area contributed by atoms with Gasteiger partial charge in [0.1, 0.15) is 6.61 Å². The van der Waals surface area contributed by atoms with Gasteiger partial charge in [0.05, 0.1) is 12.4 Å². The van der Waals surface area contributed by atoms with Crippen molar-refractivity contribution in [2.24, 2.45) is 5.73 Å². The van der Waals surface area contributed by atoms with Crippen LogP contribution in [0.5, 0.6) is 0 Å². The number of nitrogens with zero attached hydrogens (tertiary/aromatic N) is 1. The van der Waals surface area contributed by atoms with E-state index in [1.54, 1.807) is 11.8 Å². The van der Waals surface area contributed by atoms with E-state index in [1.807, 2.05) is 0 Å². The monoisotopic (exact) mass is 293 g/mol. The van der Waals surface area contributed by atoms with Gasteiger partial charge >= 0.3 is 0 Å². The van der Waals surface area contributed by atoms with Gasteiger partial charge in [0.15, 0.2) is 0 Å². The Bertz CT molecular complexity index is 377. The number of rotatable bonds is 7. The van der Waals surface area contributed by atoms with Gasteiger partial charge in [-0.05, 0) is 19.8 Å². The first-order valence-corrected chi connectivity index (χ1v) is 8.19. The number of ether oxygens (including phenoxy) is 1. The molecule has 1 saturated heterocycles. The van der Waals surface area contributed by atoms with Gasteiger partial charge < -0.3 is 15.4 Å². The molecule has 1 fully saturated rings. The van der Waals surface area contributed by atoms with E-state index in [2.05, 4.69) is 4.72 Å². The van der Waals surface area contributed by atoms with Crippen molar-refractivity contribution in [1.82, 2.24) is 9.62 Å². The molecule has 0 spiro atoms. The first-order chi connectivity index (χ1) is 8.98. The summed E-state index contributed by atoms with van der Waals surface area (Å²) in [5.41, 5.74) is 5.27. The zero-order valence-corrected chi connectivity index (χ0v) is 12.1. The summed E-state index contributed by atoms with van der Waals surface area (Å²) in [7, 11) is -3.17. The van der Waals surface area contributed by atoms with Gasteiger partial charge in [0.25, 0.3) is 0 Å². The average molecular weight is 293 g/mol. The molecule has 19 heavy (non-hydrogen) atoms. The summed E-state index contributed by atoms with van der Waals surface area (Å²) in [6.45, 7) is 3.54. The topological polar surface area (TPSA) is 102 Å². The van der Waals surface area contributed by atoms with Crippen LogP contribution < -0.4 is 10.5 Å². The average Bonchev–Trinajstić information content (AvgIpc) is 2.39. The van der Waals surface area contributed by atoms with E-state index in [1.165, 1.54) is 0 Å². The molecule has 0 saturated carbocycles. The molecule has 0 aromatic rings. The van der Waals surface area contributed by atoms with Crippen LogP contribution in [0.1, 0.15) is 19.8 Å². The molecule has 0 unspecified atom stereocenters. The smallest absolute Gasteiger partial charge is 0.248 e. The van der Waals surface area contributed by atoms with Crippen LogP contribution in [0.3, 0.4) is 0 Å². The van der Waals surface area contributed by atoms with Crippen LogP contribution in [-0.2, 0) is 19.6 Å². The predicted octanol–water partition coefficient (Wildman–Crippen LogP) is -1.11. The predicted molar refractivity (Wildman–Crippen MR) is 72.1 cm³/mol. The van der Waals surface area contributed by atoms with E-state index in [-0.39, 0.29) is 24.3 Å². The SMILES string of the molecule is CCS(=O)(=O)NC1CCN(C(=O)COCCN)CC1. The molecular weight excluding hydrogens is 270 g/mol. The number of hydrogen-bond acceptors (Lipinski definition) is 5. The molecule has 7 nitrogen and oxygen atoms in total. The Morgan fingerprint density at radius 3 is 2.58 bits per heavy atom. The third-order valence-corrected chi connectivity index (χ3v) is 4.51. The van der Waals surface area contributed by atoms with Crippen LogP contribution in [0.25, 0.3) is 0 Å². The molecule has 0 radical (unpaired) electrons. The van der Waals surface area contributed by atoms with Crippen LogP contribution in [0.4, 0.5) is 0 Å². The molecule has 1 aliphatic rings. The third kappa shape index (κ3) is 5.85.